The molecule has 2 heterocycles. The van der Waals surface area contributed by atoms with Gasteiger partial charge >= 0.3 is 12.1 Å². The van der Waals surface area contributed by atoms with Gasteiger partial charge in [-0.2, -0.15) is 17.5 Å². The second kappa shape index (κ2) is 9.29. The van der Waals surface area contributed by atoms with Crippen molar-refractivity contribution in [1.29, 1.82) is 0 Å². The summed E-state index contributed by atoms with van der Waals surface area (Å²) in [6.07, 6.45) is -1.96. The number of ether oxygens (including phenoxy) is 1. The first kappa shape index (κ1) is 25.8. The predicted molar refractivity (Wildman–Crippen MR) is 123 cm³/mol. The summed E-state index contributed by atoms with van der Waals surface area (Å²) >= 11 is 5.94. The maximum Gasteiger partial charge on any atom is 0.416 e. The van der Waals surface area contributed by atoms with Crippen molar-refractivity contribution in [2.75, 3.05) is 13.1 Å². The first-order chi connectivity index (χ1) is 16.3. The number of nitrogens with zero attached hydrogens (tertiary/aromatic N) is 1. The van der Waals surface area contributed by atoms with Gasteiger partial charge in [0.15, 0.2) is 0 Å². The Labute approximate surface area is 206 Å². The van der Waals surface area contributed by atoms with Crippen LogP contribution < -0.4 is 4.74 Å². The van der Waals surface area contributed by atoms with Gasteiger partial charge < -0.3 is 9.84 Å². The fraction of sp³-hybridized carbons (Fsp3) is 0.458. The fourth-order valence-corrected chi connectivity index (χ4v) is 6.59. The van der Waals surface area contributed by atoms with Crippen LogP contribution >= 0.6 is 11.6 Å². The van der Waals surface area contributed by atoms with Crippen molar-refractivity contribution in [3.63, 3.8) is 0 Å². The Hall–Kier alpha value is -2.30. The van der Waals surface area contributed by atoms with E-state index in [9.17, 15) is 31.5 Å². The Balaban J connectivity index is 1.47. The number of halogens is 4. The van der Waals surface area contributed by atoms with E-state index in [1.807, 2.05) is 18.2 Å². The molecule has 1 fully saturated rings. The molecule has 2 aliphatic rings. The zero-order valence-corrected chi connectivity index (χ0v) is 20.5. The number of aryl methyl sites for hydroxylation is 1. The van der Waals surface area contributed by atoms with E-state index >= 15 is 0 Å². The number of aliphatic carboxylic acids is 1. The van der Waals surface area contributed by atoms with Gasteiger partial charge in [0.05, 0.1) is 16.5 Å². The van der Waals surface area contributed by atoms with Crippen molar-refractivity contribution in [3.8, 4) is 5.75 Å². The molecule has 6 nitrogen and oxygen atoms in total. The van der Waals surface area contributed by atoms with Crippen molar-refractivity contribution in [1.82, 2.24) is 4.31 Å². The van der Waals surface area contributed by atoms with E-state index in [0.29, 0.717) is 43.6 Å². The lowest BCUT2D eigenvalue weighted by Crippen LogP contribution is -2.51. The molecule has 1 atom stereocenters. The summed E-state index contributed by atoms with van der Waals surface area (Å²) in [7, 11) is -4.08. The largest absolute Gasteiger partial charge is 0.487 e. The predicted octanol–water partition coefficient (Wildman–Crippen LogP) is 5.17. The zero-order valence-electron chi connectivity index (χ0n) is 18.9. The molecule has 1 N–H and O–H groups in total. The quantitative estimate of drug-likeness (QED) is 0.575. The highest BCUT2D eigenvalue weighted by atomic mass is 35.5. The highest BCUT2D eigenvalue weighted by molar-refractivity contribution is 7.89. The minimum absolute atomic E-state index is 0.144. The molecule has 0 radical (unpaired) electrons. The molecular weight excluding hydrogens is 507 g/mol. The van der Waals surface area contributed by atoms with Crippen molar-refractivity contribution in [2.45, 2.75) is 55.7 Å². The molecule has 0 aromatic heterocycles. The monoisotopic (exact) mass is 531 g/mol. The second-order valence-electron chi connectivity index (χ2n) is 9.22. The summed E-state index contributed by atoms with van der Waals surface area (Å²) < 4.78 is 72.6. The Morgan fingerprint density at radius 2 is 1.86 bits per heavy atom. The zero-order chi connectivity index (χ0) is 25.6. The molecule has 1 spiro atoms. The third-order valence-corrected chi connectivity index (χ3v) is 9.16. The first-order valence-corrected chi connectivity index (χ1v) is 13.0. The number of carboxylic acids is 1. The topological polar surface area (TPSA) is 83.9 Å². The average molecular weight is 532 g/mol. The molecule has 1 saturated heterocycles. The number of hydrogen-bond acceptors (Lipinski definition) is 4. The number of carbonyl (C=O) groups is 1. The molecule has 35 heavy (non-hydrogen) atoms. The number of rotatable bonds is 5. The molecule has 0 unspecified atom stereocenters. The molecular formula is C24H25ClF3NO5S. The molecule has 2 aliphatic heterocycles. The van der Waals surface area contributed by atoms with E-state index in [0.717, 1.165) is 23.6 Å². The third-order valence-electron chi connectivity index (χ3n) is 6.78. The van der Waals surface area contributed by atoms with Gasteiger partial charge in [-0.05, 0) is 54.7 Å². The molecule has 190 valence electrons. The normalized spacial score (nSPS) is 19.1. The second-order valence-corrected chi connectivity index (χ2v) is 11.5. The summed E-state index contributed by atoms with van der Waals surface area (Å²) in [4.78, 5) is 10.8. The summed E-state index contributed by atoms with van der Waals surface area (Å²) in [6, 6.07) is 7.96. The standard InChI is InChI=1S/C24H25ClF3NO5S/c1-15(22(30)31)12-16-2-3-17-6-7-23(34-20(17)13-16)8-10-29(11-9-23)35(32,33)21-5-4-18(14-19(21)25)24(26,27)28/h2-5,13-15H,6-12H2,1H3,(H,30,31)/t15-/m0/s1. The molecule has 4 rings (SSSR count). The van der Waals surface area contributed by atoms with E-state index in [1.165, 1.54) is 4.31 Å². The maximum atomic E-state index is 13.1. The highest BCUT2D eigenvalue weighted by Crippen LogP contribution is 2.41. The molecule has 0 bridgehead atoms. The van der Waals surface area contributed by atoms with Crippen LogP contribution in [0.4, 0.5) is 13.2 Å². The number of benzene rings is 2. The molecule has 2 aromatic carbocycles. The maximum absolute atomic E-state index is 13.1. The van der Waals surface area contributed by atoms with Gasteiger partial charge in [-0.3, -0.25) is 4.79 Å². The van der Waals surface area contributed by atoms with E-state index in [2.05, 4.69) is 0 Å². The lowest BCUT2D eigenvalue weighted by molar-refractivity contribution is -0.141. The van der Waals surface area contributed by atoms with E-state index in [-0.39, 0.29) is 18.0 Å². The number of hydrogen-bond donors (Lipinski definition) is 1. The number of piperidine rings is 1. The number of fused-ring (bicyclic) bond motifs is 1. The summed E-state index contributed by atoms with van der Waals surface area (Å²) in [5.74, 6) is -0.716. The average Bonchev–Trinajstić information content (AvgIpc) is 2.78. The smallest absolute Gasteiger partial charge is 0.416 e. The third kappa shape index (κ3) is 5.29. The van der Waals surface area contributed by atoms with Crippen LogP contribution in [-0.4, -0.2) is 42.5 Å². The van der Waals surface area contributed by atoms with Crippen LogP contribution in [0.2, 0.25) is 5.02 Å². The van der Waals surface area contributed by atoms with Gasteiger partial charge in [-0.1, -0.05) is 30.7 Å². The molecule has 0 aliphatic carbocycles. The number of alkyl halides is 3. The fourth-order valence-electron chi connectivity index (χ4n) is 4.63. The molecule has 0 amide bonds. The minimum Gasteiger partial charge on any atom is -0.487 e. The Morgan fingerprint density at radius 3 is 2.46 bits per heavy atom. The van der Waals surface area contributed by atoms with Gasteiger partial charge in [-0.15, -0.1) is 0 Å². The van der Waals surface area contributed by atoms with E-state index in [4.69, 9.17) is 16.3 Å². The lowest BCUT2D eigenvalue weighted by atomic mass is 9.83. The highest BCUT2D eigenvalue weighted by Gasteiger charge is 2.43. The van der Waals surface area contributed by atoms with Gasteiger partial charge in [0.1, 0.15) is 16.2 Å². The van der Waals surface area contributed by atoms with E-state index < -0.39 is 44.3 Å². The van der Waals surface area contributed by atoms with Crippen molar-refractivity contribution in [3.05, 3.63) is 58.1 Å². The van der Waals surface area contributed by atoms with Crippen LogP contribution in [0.25, 0.3) is 0 Å². The van der Waals surface area contributed by atoms with Crippen molar-refractivity contribution in [2.24, 2.45) is 5.92 Å². The summed E-state index contributed by atoms with van der Waals surface area (Å²) in [5.41, 5.74) is 0.312. The van der Waals surface area contributed by atoms with E-state index in [1.54, 1.807) is 6.92 Å². The van der Waals surface area contributed by atoms with Crippen LogP contribution in [0.15, 0.2) is 41.3 Å². The van der Waals surface area contributed by atoms with Crippen LogP contribution in [0.3, 0.4) is 0 Å². The Kier molecular flexibility index (Phi) is 6.85. The Bertz CT molecular complexity index is 1240. The summed E-state index contributed by atoms with van der Waals surface area (Å²) in [6.45, 7) is 1.93. The minimum atomic E-state index is -4.62. The SMILES string of the molecule is C[C@@H](Cc1ccc2c(c1)OC1(CC2)CCN(S(=O)(=O)c2ccc(C(F)(F)F)cc2Cl)CC1)C(=O)O. The molecule has 11 heteroatoms. The van der Waals surface area contributed by atoms with Crippen LogP contribution in [0.1, 0.15) is 42.9 Å². The van der Waals surface area contributed by atoms with Crippen molar-refractivity contribution < 1.29 is 36.2 Å². The number of carboxylic acid groups (broad SMARTS) is 1. The summed E-state index contributed by atoms with van der Waals surface area (Å²) in [5, 5.41) is 8.71. The number of sulfonamides is 1. The Morgan fingerprint density at radius 1 is 1.17 bits per heavy atom. The van der Waals surface area contributed by atoms with Crippen LogP contribution in [-0.2, 0) is 33.8 Å². The van der Waals surface area contributed by atoms with Crippen LogP contribution in [0, 0.1) is 5.92 Å². The van der Waals surface area contributed by atoms with Crippen molar-refractivity contribution >= 4 is 27.6 Å². The van der Waals surface area contributed by atoms with Crippen LogP contribution in [0.5, 0.6) is 5.75 Å². The molecule has 0 saturated carbocycles. The van der Waals surface area contributed by atoms with Gasteiger partial charge in [0.25, 0.3) is 0 Å². The van der Waals surface area contributed by atoms with Gasteiger partial charge in [0.2, 0.25) is 10.0 Å². The van der Waals surface area contributed by atoms with Gasteiger partial charge in [0, 0.05) is 25.9 Å². The first-order valence-electron chi connectivity index (χ1n) is 11.2. The lowest BCUT2D eigenvalue weighted by Gasteiger charge is -2.44. The molecule has 2 aromatic rings. The van der Waals surface area contributed by atoms with Gasteiger partial charge in [-0.25, -0.2) is 8.42 Å².